The highest BCUT2D eigenvalue weighted by Crippen LogP contribution is 2.20. The molecule has 0 aliphatic carbocycles. The molecule has 0 spiro atoms. The normalized spacial score (nSPS) is 11.2. The Morgan fingerprint density at radius 3 is 2.75 bits per heavy atom. The van der Waals surface area contributed by atoms with Gasteiger partial charge in [-0.15, -0.1) is 0 Å². The lowest BCUT2D eigenvalue weighted by Gasteiger charge is -2.05. The van der Waals surface area contributed by atoms with E-state index in [1.807, 2.05) is 36.4 Å². The first-order valence-corrected chi connectivity index (χ1v) is 7.70. The van der Waals surface area contributed by atoms with Crippen LogP contribution in [0.4, 0.5) is 4.39 Å². The molecule has 6 heteroatoms. The predicted octanol–water partition coefficient (Wildman–Crippen LogP) is 3.85. The number of hydrogen-bond donors (Lipinski definition) is 1. The molecular weight excluding hydrogens is 329 g/mol. The molecule has 4 rings (SSSR count). The number of benzene rings is 2. The molecule has 4 aromatic rings. The highest BCUT2D eigenvalue weighted by Gasteiger charge is 2.10. The summed E-state index contributed by atoms with van der Waals surface area (Å²) in [6.07, 6.45) is 0.347. The second kappa shape index (κ2) is 5.69. The van der Waals surface area contributed by atoms with Gasteiger partial charge >= 0.3 is 0 Å². The van der Waals surface area contributed by atoms with Gasteiger partial charge in [0.05, 0.1) is 21.4 Å². The van der Waals surface area contributed by atoms with Crippen LogP contribution < -0.4 is 5.56 Å². The number of halogens is 2. The van der Waals surface area contributed by atoms with E-state index >= 15 is 0 Å². The largest absolute Gasteiger partial charge is 0.310 e. The van der Waals surface area contributed by atoms with Gasteiger partial charge in [-0.3, -0.25) is 9.78 Å². The lowest BCUT2D eigenvalue weighted by molar-refractivity contribution is 0.629. The maximum Gasteiger partial charge on any atom is 0.258 e. The Morgan fingerprint density at radius 1 is 1.04 bits per heavy atom. The molecule has 4 nitrogen and oxygen atoms in total. The molecule has 1 N–H and O–H groups in total. The van der Waals surface area contributed by atoms with Crippen molar-refractivity contribution in [3.8, 4) is 0 Å². The van der Waals surface area contributed by atoms with E-state index < -0.39 is 5.82 Å². The Hall–Kier alpha value is -2.79. The zero-order valence-electron chi connectivity index (χ0n) is 12.4. The fraction of sp³-hybridized carbons (Fsp3) is 0.0556. The topological polar surface area (TPSA) is 58.6 Å². The molecule has 0 amide bonds. The summed E-state index contributed by atoms with van der Waals surface area (Å²) in [6, 6.07) is 14.1. The average Bonchev–Trinajstić information content (AvgIpc) is 2.57. The fourth-order valence-electron chi connectivity index (χ4n) is 2.64. The van der Waals surface area contributed by atoms with E-state index in [9.17, 15) is 9.18 Å². The molecule has 0 saturated heterocycles. The van der Waals surface area contributed by atoms with Crippen molar-refractivity contribution in [2.45, 2.75) is 6.42 Å². The molecule has 0 aliphatic heterocycles. The summed E-state index contributed by atoms with van der Waals surface area (Å²) < 4.78 is 13.6. The van der Waals surface area contributed by atoms with Crippen LogP contribution in [0.1, 0.15) is 11.5 Å². The van der Waals surface area contributed by atoms with Gasteiger partial charge in [-0.05, 0) is 18.2 Å². The number of H-pyrrole nitrogens is 1. The summed E-state index contributed by atoms with van der Waals surface area (Å²) in [6.45, 7) is 0. The van der Waals surface area contributed by atoms with Crippen LogP contribution in [0.5, 0.6) is 0 Å². The van der Waals surface area contributed by atoms with E-state index in [-0.39, 0.29) is 21.5 Å². The smallest absolute Gasteiger partial charge is 0.258 e. The van der Waals surface area contributed by atoms with Crippen LogP contribution in [-0.4, -0.2) is 15.0 Å². The summed E-state index contributed by atoms with van der Waals surface area (Å²) in [4.78, 5) is 23.7. The van der Waals surface area contributed by atoms with Gasteiger partial charge in [0, 0.05) is 23.6 Å². The number of nitrogens with zero attached hydrogens (tertiary/aromatic N) is 2. The Kier molecular flexibility index (Phi) is 3.50. The molecule has 24 heavy (non-hydrogen) atoms. The Bertz CT molecular complexity index is 1140. The average molecular weight is 340 g/mol. The molecule has 2 aromatic carbocycles. The first kappa shape index (κ1) is 14.8. The van der Waals surface area contributed by atoms with E-state index in [4.69, 9.17) is 11.6 Å². The van der Waals surface area contributed by atoms with Crippen molar-refractivity contribution in [3.63, 3.8) is 0 Å². The highest BCUT2D eigenvalue weighted by molar-refractivity contribution is 6.31. The zero-order chi connectivity index (χ0) is 16.7. The van der Waals surface area contributed by atoms with Crippen molar-refractivity contribution >= 4 is 33.4 Å². The Morgan fingerprint density at radius 2 is 1.88 bits per heavy atom. The standard InChI is InChI=1S/C18H11ClFN3O/c19-13-8-12-16(9-14(13)20)22-17(23-18(12)24)7-11-6-5-10-3-1-2-4-15(10)21-11/h1-6,8-9H,7H2,(H,22,23,24). The SMILES string of the molecule is O=c1[nH]c(Cc2ccc3ccccc3n2)nc2cc(F)c(Cl)cc12. The van der Waals surface area contributed by atoms with Gasteiger partial charge in [-0.1, -0.05) is 35.9 Å². The molecule has 2 aromatic heterocycles. The van der Waals surface area contributed by atoms with Crippen LogP contribution in [0.15, 0.2) is 53.3 Å². The molecule has 0 fully saturated rings. The minimum atomic E-state index is -0.600. The van der Waals surface area contributed by atoms with Crippen LogP contribution in [-0.2, 0) is 6.42 Å². The van der Waals surface area contributed by atoms with E-state index in [1.54, 1.807) is 0 Å². The number of nitrogens with one attached hydrogen (secondary N) is 1. The first-order valence-electron chi connectivity index (χ1n) is 7.33. The molecule has 2 heterocycles. The lowest BCUT2D eigenvalue weighted by Crippen LogP contribution is -2.13. The Balaban J connectivity index is 1.78. The van der Waals surface area contributed by atoms with Crippen LogP contribution in [0.2, 0.25) is 5.02 Å². The summed E-state index contributed by atoms with van der Waals surface area (Å²) >= 11 is 5.72. The second-order valence-electron chi connectivity index (χ2n) is 5.47. The summed E-state index contributed by atoms with van der Waals surface area (Å²) in [5, 5.41) is 1.20. The monoisotopic (exact) mass is 339 g/mol. The number of pyridine rings is 1. The number of aromatic amines is 1. The summed E-state index contributed by atoms with van der Waals surface area (Å²) in [7, 11) is 0. The molecular formula is C18H11ClFN3O. The molecule has 0 unspecified atom stereocenters. The van der Waals surface area contributed by atoms with Gasteiger partial charge in [-0.2, -0.15) is 0 Å². The van der Waals surface area contributed by atoms with Crippen LogP contribution in [0.25, 0.3) is 21.8 Å². The first-order chi connectivity index (χ1) is 11.6. The van der Waals surface area contributed by atoms with Crippen molar-refractivity contribution in [1.29, 1.82) is 0 Å². The molecule has 0 radical (unpaired) electrons. The van der Waals surface area contributed by atoms with E-state index in [1.165, 1.54) is 12.1 Å². The van der Waals surface area contributed by atoms with Crippen LogP contribution in [0, 0.1) is 5.82 Å². The van der Waals surface area contributed by atoms with Crippen molar-refractivity contribution in [2.75, 3.05) is 0 Å². The zero-order valence-corrected chi connectivity index (χ0v) is 13.1. The maximum atomic E-state index is 13.6. The molecule has 0 bridgehead atoms. The maximum absolute atomic E-state index is 13.6. The third-order valence-corrected chi connectivity index (χ3v) is 4.09. The van der Waals surface area contributed by atoms with Crippen molar-refractivity contribution < 1.29 is 4.39 Å². The minimum absolute atomic E-state index is 0.0984. The molecule has 118 valence electrons. The summed E-state index contributed by atoms with van der Waals surface area (Å²) in [5.41, 5.74) is 1.57. The van der Waals surface area contributed by atoms with Gasteiger partial charge in [-0.25, -0.2) is 9.37 Å². The minimum Gasteiger partial charge on any atom is -0.310 e. The predicted molar refractivity (Wildman–Crippen MR) is 91.9 cm³/mol. The van der Waals surface area contributed by atoms with Crippen molar-refractivity contribution in [3.05, 3.63) is 81.2 Å². The van der Waals surface area contributed by atoms with E-state index in [0.717, 1.165) is 16.6 Å². The quantitative estimate of drug-likeness (QED) is 0.603. The van der Waals surface area contributed by atoms with Gasteiger partial charge in [0.2, 0.25) is 0 Å². The summed E-state index contributed by atoms with van der Waals surface area (Å²) in [5.74, 6) is -0.172. The number of rotatable bonds is 2. The van der Waals surface area contributed by atoms with Gasteiger partial charge in [0.15, 0.2) is 0 Å². The van der Waals surface area contributed by atoms with Gasteiger partial charge < -0.3 is 4.98 Å². The Labute approximate surface area is 141 Å². The van der Waals surface area contributed by atoms with Gasteiger partial charge in [0.1, 0.15) is 11.6 Å². The van der Waals surface area contributed by atoms with E-state index in [2.05, 4.69) is 15.0 Å². The molecule has 0 atom stereocenters. The number of para-hydroxylation sites is 1. The fourth-order valence-corrected chi connectivity index (χ4v) is 2.81. The third-order valence-electron chi connectivity index (χ3n) is 3.80. The number of hydrogen-bond acceptors (Lipinski definition) is 3. The highest BCUT2D eigenvalue weighted by atomic mass is 35.5. The van der Waals surface area contributed by atoms with Crippen molar-refractivity contribution in [1.82, 2.24) is 15.0 Å². The van der Waals surface area contributed by atoms with E-state index in [0.29, 0.717) is 12.2 Å². The lowest BCUT2D eigenvalue weighted by atomic mass is 10.1. The van der Waals surface area contributed by atoms with Crippen molar-refractivity contribution in [2.24, 2.45) is 0 Å². The van der Waals surface area contributed by atoms with Crippen LogP contribution in [0.3, 0.4) is 0 Å². The molecule has 0 saturated carbocycles. The second-order valence-corrected chi connectivity index (χ2v) is 5.88. The third kappa shape index (κ3) is 2.63. The number of fused-ring (bicyclic) bond motifs is 2. The van der Waals surface area contributed by atoms with Crippen LogP contribution >= 0.6 is 11.6 Å². The molecule has 0 aliphatic rings. The van der Waals surface area contributed by atoms with Gasteiger partial charge in [0.25, 0.3) is 5.56 Å². The number of aromatic nitrogens is 3.